The number of hydrogen-bond donors (Lipinski definition) is 1. The lowest BCUT2D eigenvalue weighted by molar-refractivity contribution is -0.131. The highest BCUT2D eigenvalue weighted by atomic mass is 16.5. The van der Waals surface area contributed by atoms with Gasteiger partial charge >= 0.3 is 0 Å². The van der Waals surface area contributed by atoms with E-state index in [1.807, 2.05) is 11.0 Å². The van der Waals surface area contributed by atoms with Crippen LogP contribution < -0.4 is 10.1 Å². The number of benzene rings is 2. The Morgan fingerprint density at radius 3 is 2.72 bits per heavy atom. The summed E-state index contributed by atoms with van der Waals surface area (Å²) in [4.78, 5) is 13.6. The van der Waals surface area contributed by atoms with E-state index in [0.717, 1.165) is 38.2 Å². The van der Waals surface area contributed by atoms with Crippen molar-refractivity contribution < 1.29 is 9.53 Å². The number of likely N-dealkylation sites (tertiary alicyclic amines) is 1. The van der Waals surface area contributed by atoms with E-state index < -0.39 is 0 Å². The van der Waals surface area contributed by atoms with E-state index in [2.05, 4.69) is 42.6 Å². The molecule has 0 saturated carbocycles. The van der Waals surface area contributed by atoms with Gasteiger partial charge < -0.3 is 15.0 Å². The van der Waals surface area contributed by atoms with Gasteiger partial charge in [-0.15, -0.1) is 0 Å². The number of methoxy groups -OCH3 is 1. The lowest BCUT2D eigenvalue weighted by Crippen LogP contribution is -2.50. The molecule has 1 aliphatic rings. The Labute approximate surface area is 150 Å². The summed E-state index contributed by atoms with van der Waals surface area (Å²) < 4.78 is 5.29. The normalized spacial score (nSPS) is 20.7. The first-order valence-electron chi connectivity index (χ1n) is 9.16. The van der Waals surface area contributed by atoms with Crippen LogP contribution in [-0.2, 0) is 11.3 Å². The van der Waals surface area contributed by atoms with Crippen molar-refractivity contribution in [2.75, 3.05) is 20.2 Å². The summed E-state index contributed by atoms with van der Waals surface area (Å²) in [6, 6.07) is 13.2. The van der Waals surface area contributed by atoms with Crippen LogP contribution in [0.5, 0.6) is 5.75 Å². The molecule has 25 heavy (non-hydrogen) atoms. The minimum absolute atomic E-state index is 0.196. The van der Waals surface area contributed by atoms with Crippen LogP contribution in [0.4, 0.5) is 0 Å². The minimum atomic E-state index is 0.196. The molecule has 1 aliphatic heterocycles. The van der Waals surface area contributed by atoms with E-state index in [4.69, 9.17) is 4.74 Å². The highest BCUT2D eigenvalue weighted by Gasteiger charge is 2.28. The number of amides is 1. The van der Waals surface area contributed by atoms with Crippen LogP contribution in [0.1, 0.15) is 32.3 Å². The summed E-state index contributed by atoms with van der Waals surface area (Å²) in [5.41, 5.74) is 1.29. The monoisotopic (exact) mass is 340 g/mol. The molecule has 1 saturated heterocycles. The number of carbonyl (C=O) groups excluding carboxylic acids is 1. The fourth-order valence-electron chi connectivity index (χ4n) is 3.76. The first kappa shape index (κ1) is 17.7. The molecular weight excluding hydrogens is 312 g/mol. The van der Waals surface area contributed by atoms with Gasteiger partial charge in [0.1, 0.15) is 5.75 Å². The Balaban J connectivity index is 1.64. The summed E-state index contributed by atoms with van der Waals surface area (Å²) >= 11 is 0. The average Bonchev–Trinajstić information content (AvgIpc) is 2.65. The molecule has 2 atom stereocenters. The molecule has 1 amide bonds. The number of nitrogens with zero attached hydrogens (tertiary/aromatic N) is 1. The van der Waals surface area contributed by atoms with E-state index in [9.17, 15) is 4.79 Å². The number of hydrogen-bond acceptors (Lipinski definition) is 3. The molecule has 4 nitrogen and oxygen atoms in total. The van der Waals surface area contributed by atoms with Crippen molar-refractivity contribution >= 4 is 16.7 Å². The smallest absolute Gasteiger partial charge is 0.219 e. The topological polar surface area (TPSA) is 41.6 Å². The van der Waals surface area contributed by atoms with Crippen LogP contribution in [0.2, 0.25) is 0 Å². The molecular formula is C21H28N2O2. The van der Waals surface area contributed by atoms with Crippen molar-refractivity contribution in [3.05, 3.63) is 42.0 Å². The van der Waals surface area contributed by atoms with E-state index in [1.165, 1.54) is 16.3 Å². The molecule has 1 heterocycles. The van der Waals surface area contributed by atoms with Crippen LogP contribution >= 0.6 is 0 Å². The molecule has 0 spiro atoms. The van der Waals surface area contributed by atoms with Crippen LogP contribution in [0, 0.1) is 5.92 Å². The third-order valence-electron chi connectivity index (χ3n) is 5.38. The molecule has 2 aromatic carbocycles. The predicted molar refractivity (Wildman–Crippen MR) is 102 cm³/mol. The van der Waals surface area contributed by atoms with Gasteiger partial charge in [0.15, 0.2) is 0 Å². The highest BCUT2D eigenvalue weighted by Crippen LogP contribution is 2.23. The van der Waals surface area contributed by atoms with Crippen LogP contribution in [0.25, 0.3) is 10.8 Å². The van der Waals surface area contributed by atoms with Crippen molar-refractivity contribution in [1.82, 2.24) is 10.2 Å². The number of ether oxygens (including phenoxy) is 1. The van der Waals surface area contributed by atoms with Crippen molar-refractivity contribution in [1.29, 1.82) is 0 Å². The van der Waals surface area contributed by atoms with Gasteiger partial charge in [0.25, 0.3) is 0 Å². The molecule has 1 fully saturated rings. The van der Waals surface area contributed by atoms with Gasteiger partial charge in [-0.3, -0.25) is 4.79 Å². The van der Waals surface area contributed by atoms with Crippen LogP contribution in [-0.4, -0.2) is 37.0 Å². The standard InChI is InChI=1S/C21H28N2O2/c1-4-17-14-23(15(2)24)10-9-21(17)22-13-16-5-6-19-12-20(25-3)8-7-18(19)11-16/h5-8,11-12,17,21-22H,4,9-10,13-14H2,1-3H3. The number of rotatable bonds is 5. The van der Waals surface area contributed by atoms with E-state index in [0.29, 0.717) is 12.0 Å². The minimum Gasteiger partial charge on any atom is -0.497 e. The first-order valence-corrected chi connectivity index (χ1v) is 9.16. The summed E-state index contributed by atoms with van der Waals surface area (Å²) in [6.07, 6.45) is 2.13. The molecule has 0 aromatic heterocycles. The van der Waals surface area contributed by atoms with Crippen molar-refractivity contribution in [3.8, 4) is 5.75 Å². The van der Waals surface area contributed by atoms with Gasteiger partial charge in [-0.2, -0.15) is 0 Å². The molecule has 4 heteroatoms. The zero-order chi connectivity index (χ0) is 17.8. The molecule has 3 rings (SSSR count). The number of fused-ring (bicyclic) bond motifs is 1. The fraction of sp³-hybridized carbons (Fsp3) is 0.476. The van der Waals surface area contributed by atoms with Gasteiger partial charge in [0.05, 0.1) is 7.11 Å². The maximum atomic E-state index is 11.6. The zero-order valence-electron chi connectivity index (χ0n) is 15.4. The lowest BCUT2D eigenvalue weighted by atomic mass is 9.89. The summed E-state index contributed by atoms with van der Waals surface area (Å²) in [7, 11) is 1.70. The Hall–Kier alpha value is -2.07. The quantitative estimate of drug-likeness (QED) is 0.904. The molecule has 0 aliphatic carbocycles. The van der Waals surface area contributed by atoms with Crippen molar-refractivity contribution in [2.24, 2.45) is 5.92 Å². The second-order valence-electron chi connectivity index (χ2n) is 6.96. The maximum Gasteiger partial charge on any atom is 0.219 e. The zero-order valence-corrected chi connectivity index (χ0v) is 15.4. The second kappa shape index (κ2) is 7.87. The van der Waals surface area contributed by atoms with Crippen LogP contribution in [0.15, 0.2) is 36.4 Å². The van der Waals surface area contributed by atoms with Gasteiger partial charge in [0, 0.05) is 32.6 Å². The second-order valence-corrected chi connectivity index (χ2v) is 6.96. The molecule has 2 unspecified atom stereocenters. The SMILES string of the molecule is CCC1CN(C(C)=O)CCC1NCc1ccc2cc(OC)ccc2c1. The highest BCUT2D eigenvalue weighted by molar-refractivity contribution is 5.84. The molecule has 0 radical (unpaired) electrons. The molecule has 1 N–H and O–H groups in total. The summed E-state index contributed by atoms with van der Waals surface area (Å²) in [5, 5.41) is 6.16. The average molecular weight is 340 g/mol. The van der Waals surface area contributed by atoms with Gasteiger partial charge in [-0.05, 0) is 46.9 Å². The third kappa shape index (κ3) is 4.13. The van der Waals surface area contributed by atoms with Crippen molar-refractivity contribution in [2.45, 2.75) is 39.3 Å². The van der Waals surface area contributed by atoms with Crippen LogP contribution in [0.3, 0.4) is 0 Å². The molecule has 2 aromatic rings. The Bertz CT molecular complexity index is 744. The predicted octanol–water partition coefficient (Wildman–Crippen LogP) is 3.59. The van der Waals surface area contributed by atoms with Gasteiger partial charge in [-0.25, -0.2) is 0 Å². The summed E-state index contributed by atoms with van der Waals surface area (Å²) in [6.45, 7) is 6.49. The maximum absolute atomic E-state index is 11.6. The number of piperidine rings is 1. The number of nitrogens with one attached hydrogen (secondary N) is 1. The molecule has 134 valence electrons. The third-order valence-corrected chi connectivity index (χ3v) is 5.38. The lowest BCUT2D eigenvalue weighted by Gasteiger charge is -2.38. The number of carbonyl (C=O) groups is 1. The van der Waals surface area contributed by atoms with Crippen molar-refractivity contribution in [3.63, 3.8) is 0 Å². The van der Waals surface area contributed by atoms with E-state index >= 15 is 0 Å². The molecule has 0 bridgehead atoms. The van der Waals surface area contributed by atoms with Gasteiger partial charge in [0.2, 0.25) is 5.91 Å². The Morgan fingerprint density at radius 2 is 2.00 bits per heavy atom. The van der Waals surface area contributed by atoms with Gasteiger partial charge in [-0.1, -0.05) is 31.5 Å². The Morgan fingerprint density at radius 1 is 1.24 bits per heavy atom. The summed E-state index contributed by atoms with van der Waals surface area (Å²) in [5.74, 6) is 1.62. The largest absolute Gasteiger partial charge is 0.497 e. The van der Waals surface area contributed by atoms with E-state index in [-0.39, 0.29) is 5.91 Å². The fourth-order valence-corrected chi connectivity index (χ4v) is 3.76. The Kier molecular flexibility index (Phi) is 5.59. The first-order chi connectivity index (χ1) is 12.1. The van der Waals surface area contributed by atoms with E-state index in [1.54, 1.807) is 14.0 Å².